The summed E-state index contributed by atoms with van der Waals surface area (Å²) in [5.74, 6) is -0.470. The molecular formula is C18H29N5O4S2. The quantitative estimate of drug-likeness (QED) is 0.623. The van der Waals surface area contributed by atoms with Gasteiger partial charge in [0.2, 0.25) is 0 Å². The lowest BCUT2D eigenvalue weighted by atomic mass is 9.92. The van der Waals surface area contributed by atoms with Gasteiger partial charge in [0.05, 0.1) is 0 Å². The fraction of sp³-hybridized carbons (Fsp3) is 0.667. The van der Waals surface area contributed by atoms with Crippen molar-refractivity contribution >= 4 is 33.3 Å². The summed E-state index contributed by atoms with van der Waals surface area (Å²) in [4.78, 5) is 27.1. The first-order chi connectivity index (χ1) is 13.7. The van der Waals surface area contributed by atoms with Crippen molar-refractivity contribution in [1.82, 2.24) is 19.8 Å². The van der Waals surface area contributed by atoms with Gasteiger partial charge in [-0.1, -0.05) is 6.07 Å². The van der Waals surface area contributed by atoms with Crippen LogP contribution in [0, 0.1) is 0 Å². The van der Waals surface area contributed by atoms with E-state index < -0.39 is 28.1 Å². The molecule has 1 aromatic heterocycles. The van der Waals surface area contributed by atoms with Crippen LogP contribution in [0.3, 0.4) is 0 Å². The van der Waals surface area contributed by atoms with Gasteiger partial charge in [-0.2, -0.15) is 4.31 Å². The number of thiophene rings is 1. The zero-order valence-electron chi connectivity index (χ0n) is 16.7. The average Bonchev–Trinajstić information content (AvgIpc) is 3.33. The summed E-state index contributed by atoms with van der Waals surface area (Å²) in [6.07, 6.45) is 1.90. The topological polar surface area (TPSA) is 125 Å². The van der Waals surface area contributed by atoms with E-state index in [0.29, 0.717) is 0 Å². The lowest BCUT2D eigenvalue weighted by Gasteiger charge is -2.32. The van der Waals surface area contributed by atoms with Gasteiger partial charge in [0.15, 0.2) is 6.17 Å². The molecule has 1 saturated carbocycles. The number of amides is 3. The Kier molecular flexibility index (Phi) is 6.82. The highest BCUT2D eigenvalue weighted by Gasteiger charge is 2.47. The maximum Gasteiger partial charge on any atom is 0.319 e. The van der Waals surface area contributed by atoms with Gasteiger partial charge in [-0.3, -0.25) is 9.69 Å². The van der Waals surface area contributed by atoms with Crippen LogP contribution in [0.15, 0.2) is 21.7 Å². The monoisotopic (exact) mass is 443 g/mol. The van der Waals surface area contributed by atoms with Crippen molar-refractivity contribution in [3.05, 3.63) is 17.5 Å². The van der Waals surface area contributed by atoms with Crippen molar-refractivity contribution < 1.29 is 18.0 Å². The summed E-state index contributed by atoms with van der Waals surface area (Å²) in [6, 6.07) is 2.65. The molecule has 162 valence electrons. The third-order valence-corrected chi connectivity index (χ3v) is 8.44. The number of sulfonamides is 1. The van der Waals surface area contributed by atoms with Crippen molar-refractivity contribution in [2.75, 3.05) is 13.1 Å². The second-order valence-electron chi connectivity index (χ2n) is 7.84. The third kappa shape index (κ3) is 4.90. The Balaban J connectivity index is 1.84. The van der Waals surface area contributed by atoms with Crippen LogP contribution in [0.2, 0.25) is 0 Å². The predicted octanol–water partition coefficient (Wildman–Crippen LogP) is 0.885. The molecule has 1 saturated heterocycles. The van der Waals surface area contributed by atoms with Gasteiger partial charge in [0.1, 0.15) is 4.21 Å². The van der Waals surface area contributed by atoms with E-state index in [1.54, 1.807) is 11.4 Å². The lowest BCUT2D eigenvalue weighted by Crippen LogP contribution is -2.58. The first kappa shape index (κ1) is 22.0. The maximum atomic E-state index is 13.2. The molecule has 2 heterocycles. The molecule has 9 nitrogen and oxygen atoms in total. The molecule has 11 heteroatoms. The van der Waals surface area contributed by atoms with Crippen molar-refractivity contribution in [3.63, 3.8) is 0 Å². The Labute approximate surface area is 175 Å². The molecule has 1 aromatic rings. The zero-order chi connectivity index (χ0) is 21.2. The molecule has 1 atom stereocenters. The molecule has 1 aliphatic carbocycles. The van der Waals surface area contributed by atoms with Gasteiger partial charge < -0.3 is 16.4 Å². The van der Waals surface area contributed by atoms with Gasteiger partial charge in [-0.05, 0) is 51.0 Å². The van der Waals surface area contributed by atoms with Crippen molar-refractivity contribution in [2.24, 2.45) is 5.73 Å². The molecule has 29 heavy (non-hydrogen) atoms. The number of nitrogens with one attached hydrogen (secondary N) is 2. The molecule has 3 rings (SSSR count). The summed E-state index contributed by atoms with van der Waals surface area (Å²) in [5.41, 5.74) is 5.93. The van der Waals surface area contributed by atoms with Gasteiger partial charge in [0.25, 0.3) is 15.9 Å². The number of carbonyl (C=O) groups is 2. The molecular weight excluding hydrogens is 414 g/mol. The van der Waals surface area contributed by atoms with Gasteiger partial charge >= 0.3 is 6.03 Å². The predicted molar refractivity (Wildman–Crippen MR) is 111 cm³/mol. The molecule has 1 aliphatic heterocycles. The molecule has 0 radical (unpaired) electrons. The van der Waals surface area contributed by atoms with Crippen LogP contribution < -0.4 is 16.4 Å². The van der Waals surface area contributed by atoms with E-state index >= 15 is 0 Å². The molecule has 0 aromatic carbocycles. The normalized spacial score (nSPS) is 25.9. The van der Waals surface area contributed by atoms with E-state index in [-0.39, 0.29) is 35.4 Å². The molecule has 0 bridgehead atoms. The standard InChI is InChI=1S/C18H29N5O4S2/c1-12(2)20-18(25)22-9-10-23(29(26,27)15-4-3-11-28-15)17(22)16(24)21-14-7-5-13(19)6-8-14/h3-4,11-14,17H,5-10,19H2,1-2H3,(H,20,25)(H,21,24). The number of carbonyl (C=O) groups excluding carboxylic acids is 2. The van der Waals surface area contributed by atoms with Crippen LogP contribution in [0.1, 0.15) is 39.5 Å². The Hall–Kier alpha value is -1.69. The number of hydrogen-bond donors (Lipinski definition) is 3. The van der Waals surface area contributed by atoms with Crippen LogP contribution in [-0.2, 0) is 14.8 Å². The number of rotatable bonds is 5. The lowest BCUT2D eigenvalue weighted by molar-refractivity contribution is -0.128. The van der Waals surface area contributed by atoms with Gasteiger partial charge in [0, 0.05) is 31.2 Å². The highest BCUT2D eigenvalue weighted by molar-refractivity contribution is 7.91. The Morgan fingerprint density at radius 2 is 1.90 bits per heavy atom. The maximum absolute atomic E-state index is 13.2. The van der Waals surface area contributed by atoms with Crippen molar-refractivity contribution in [3.8, 4) is 0 Å². The van der Waals surface area contributed by atoms with Crippen LogP contribution in [-0.4, -0.2) is 66.9 Å². The van der Waals surface area contributed by atoms with E-state index in [4.69, 9.17) is 5.73 Å². The summed E-state index contributed by atoms with van der Waals surface area (Å²) in [7, 11) is -3.88. The van der Waals surface area contributed by atoms with Crippen LogP contribution >= 0.6 is 11.3 Å². The number of hydrogen-bond acceptors (Lipinski definition) is 6. The summed E-state index contributed by atoms with van der Waals surface area (Å²) in [6.45, 7) is 3.85. The first-order valence-corrected chi connectivity index (χ1v) is 12.2. The Morgan fingerprint density at radius 1 is 1.21 bits per heavy atom. The Morgan fingerprint density at radius 3 is 2.48 bits per heavy atom. The molecule has 2 fully saturated rings. The summed E-state index contributed by atoms with van der Waals surface area (Å²) >= 11 is 1.09. The highest BCUT2D eigenvalue weighted by atomic mass is 32.2. The summed E-state index contributed by atoms with van der Waals surface area (Å²) < 4.78 is 27.5. The highest BCUT2D eigenvalue weighted by Crippen LogP contribution is 2.28. The fourth-order valence-corrected chi connectivity index (χ4v) is 6.40. The number of nitrogens with two attached hydrogens (primary N) is 1. The minimum absolute atomic E-state index is 0.0656. The molecule has 4 N–H and O–H groups in total. The summed E-state index contributed by atoms with van der Waals surface area (Å²) in [5, 5.41) is 7.38. The second-order valence-corrected chi connectivity index (χ2v) is 10.9. The van der Waals surface area contributed by atoms with E-state index in [9.17, 15) is 18.0 Å². The van der Waals surface area contributed by atoms with E-state index in [1.807, 2.05) is 13.8 Å². The molecule has 1 unspecified atom stereocenters. The number of urea groups is 1. The fourth-order valence-electron chi connectivity index (χ4n) is 3.74. The molecule has 2 aliphatic rings. The second kappa shape index (κ2) is 8.99. The third-order valence-electron chi connectivity index (χ3n) is 5.21. The van der Waals surface area contributed by atoms with Crippen LogP contribution in [0.5, 0.6) is 0 Å². The minimum Gasteiger partial charge on any atom is -0.350 e. The Bertz CT molecular complexity index is 819. The van der Waals surface area contributed by atoms with Crippen LogP contribution in [0.25, 0.3) is 0 Å². The van der Waals surface area contributed by atoms with E-state index in [2.05, 4.69) is 10.6 Å². The van der Waals surface area contributed by atoms with Crippen molar-refractivity contribution in [1.29, 1.82) is 0 Å². The first-order valence-electron chi connectivity index (χ1n) is 9.88. The average molecular weight is 444 g/mol. The minimum atomic E-state index is -3.88. The number of nitrogens with zero attached hydrogens (tertiary/aromatic N) is 2. The van der Waals surface area contributed by atoms with Gasteiger partial charge in [-0.25, -0.2) is 13.2 Å². The van der Waals surface area contributed by atoms with E-state index in [1.165, 1.54) is 11.0 Å². The smallest absolute Gasteiger partial charge is 0.319 e. The van der Waals surface area contributed by atoms with Gasteiger partial charge in [-0.15, -0.1) is 11.3 Å². The molecule has 3 amide bonds. The largest absolute Gasteiger partial charge is 0.350 e. The SMILES string of the molecule is CC(C)NC(=O)N1CCN(S(=O)(=O)c2cccs2)C1C(=O)NC1CCC(N)CC1. The van der Waals surface area contributed by atoms with Crippen molar-refractivity contribution in [2.45, 2.75) is 68.0 Å². The zero-order valence-corrected chi connectivity index (χ0v) is 18.3. The van der Waals surface area contributed by atoms with E-state index in [0.717, 1.165) is 41.3 Å². The van der Waals surface area contributed by atoms with Crippen LogP contribution in [0.4, 0.5) is 4.79 Å². The molecule has 0 spiro atoms.